The van der Waals surface area contributed by atoms with E-state index in [2.05, 4.69) is 6.58 Å². The van der Waals surface area contributed by atoms with Gasteiger partial charge in [-0.05, 0) is 60.8 Å². The van der Waals surface area contributed by atoms with E-state index < -0.39 is 23.3 Å². The minimum absolute atomic E-state index is 0.294. The van der Waals surface area contributed by atoms with E-state index in [1.807, 2.05) is 51.8 Å². The Morgan fingerprint density at radius 1 is 1.24 bits per heavy atom. The van der Waals surface area contributed by atoms with Crippen LogP contribution >= 0.6 is 0 Å². The molecule has 1 aromatic carbocycles. The van der Waals surface area contributed by atoms with Crippen LogP contribution in [-0.2, 0) is 11.2 Å². The summed E-state index contributed by atoms with van der Waals surface area (Å²) in [7, 11) is 0. The second kappa shape index (κ2) is 8.76. The van der Waals surface area contributed by atoms with E-state index >= 15 is 0 Å². The normalized spacial score (nSPS) is 19.1. The topological polar surface area (TPSA) is 68.2 Å². The number of aryl methyl sites for hydroxylation is 1. The Kier molecular flexibility index (Phi) is 7.01. The van der Waals surface area contributed by atoms with Gasteiger partial charge in [-0.3, -0.25) is 0 Å². The summed E-state index contributed by atoms with van der Waals surface area (Å²) in [6, 6.07) is 3.80. The van der Waals surface area contributed by atoms with Gasteiger partial charge in [0.2, 0.25) is 0 Å². The number of hydrogen-bond acceptors (Lipinski definition) is 6. The van der Waals surface area contributed by atoms with Crippen molar-refractivity contribution in [2.45, 2.75) is 91.0 Å². The molecule has 0 unspecified atom stereocenters. The van der Waals surface area contributed by atoms with Crippen molar-refractivity contribution in [3.05, 3.63) is 29.8 Å². The Morgan fingerprint density at radius 2 is 1.83 bits per heavy atom. The summed E-state index contributed by atoms with van der Waals surface area (Å²) in [5.41, 5.74) is 0.698. The van der Waals surface area contributed by atoms with Crippen LogP contribution in [0.2, 0.25) is 0 Å². The summed E-state index contributed by atoms with van der Waals surface area (Å²) in [6.45, 7) is 17.5. The van der Waals surface area contributed by atoms with Crippen molar-refractivity contribution in [2.24, 2.45) is 0 Å². The molecule has 0 aromatic heterocycles. The van der Waals surface area contributed by atoms with Gasteiger partial charge in [-0.1, -0.05) is 31.7 Å². The van der Waals surface area contributed by atoms with Gasteiger partial charge in [0.05, 0.1) is 23.3 Å². The molecule has 0 spiro atoms. The number of benzene rings is 1. The summed E-state index contributed by atoms with van der Waals surface area (Å²) in [6.07, 6.45) is 1.99. The maximum atomic E-state index is 12.3. The Bertz CT molecular complexity index is 736. The van der Waals surface area contributed by atoms with Gasteiger partial charge in [0, 0.05) is 11.1 Å². The highest BCUT2D eigenvalue weighted by Crippen LogP contribution is 2.43. The van der Waals surface area contributed by atoms with Crippen molar-refractivity contribution in [1.82, 2.24) is 5.06 Å². The van der Waals surface area contributed by atoms with Crippen molar-refractivity contribution in [3.8, 4) is 11.5 Å². The number of rotatable bonds is 6. The lowest BCUT2D eigenvalue weighted by molar-refractivity contribution is -0.235. The highest BCUT2D eigenvalue weighted by atomic mass is 16.7. The van der Waals surface area contributed by atoms with Gasteiger partial charge in [-0.2, -0.15) is 0 Å². The minimum Gasteiger partial charge on any atom is -0.431 e. The molecular weight excluding hydrogens is 370 g/mol. The number of carbonyl (C=O) groups excluding carboxylic acids is 1. The molecule has 162 valence electrons. The second-order valence-electron chi connectivity index (χ2n) is 9.12. The van der Waals surface area contributed by atoms with Crippen LogP contribution in [-0.4, -0.2) is 39.6 Å². The monoisotopic (exact) mass is 405 g/mol. The van der Waals surface area contributed by atoms with Crippen LogP contribution in [0.15, 0.2) is 18.7 Å². The Morgan fingerprint density at radius 3 is 2.31 bits per heavy atom. The molecule has 6 heteroatoms. The molecule has 0 radical (unpaired) electrons. The summed E-state index contributed by atoms with van der Waals surface area (Å²) >= 11 is 0. The van der Waals surface area contributed by atoms with Crippen LogP contribution < -0.4 is 9.57 Å². The van der Waals surface area contributed by atoms with Crippen molar-refractivity contribution in [1.29, 1.82) is 0 Å². The van der Waals surface area contributed by atoms with E-state index in [1.165, 1.54) is 0 Å². The van der Waals surface area contributed by atoms with E-state index in [9.17, 15) is 9.90 Å². The molecule has 1 heterocycles. The van der Waals surface area contributed by atoms with E-state index in [4.69, 9.17) is 14.3 Å². The molecule has 1 aromatic rings. The van der Waals surface area contributed by atoms with Crippen LogP contribution in [0.1, 0.15) is 72.4 Å². The molecule has 1 saturated heterocycles. The van der Waals surface area contributed by atoms with Gasteiger partial charge in [-0.15, -0.1) is 5.06 Å². The van der Waals surface area contributed by atoms with E-state index in [-0.39, 0.29) is 6.10 Å². The van der Waals surface area contributed by atoms with Gasteiger partial charge < -0.3 is 19.4 Å². The van der Waals surface area contributed by atoms with Crippen molar-refractivity contribution in [2.75, 3.05) is 0 Å². The van der Waals surface area contributed by atoms with Gasteiger partial charge in [0.25, 0.3) is 0 Å². The van der Waals surface area contributed by atoms with Gasteiger partial charge >= 0.3 is 6.16 Å². The first kappa shape index (κ1) is 23.2. The number of aliphatic hydroxyl groups excluding tert-OH is 1. The van der Waals surface area contributed by atoms with E-state index in [0.717, 1.165) is 5.56 Å². The molecule has 1 aliphatic rings. The van der Waals surface area contributed by atoms with E-state index in [1.54, 1.807) is 19.9 Å². The largest absolute Gasteiger partial charge is 0.514 e. The average Bonchev–Trinajstić information content (AvgIpc) is 2.56. The molecule has 1 fully saturated rings. The summed E-state index contributed by atoms with van der Waals surface area (Å²) < 4.78 is 10.8. The lowest BCUT2D eigenvalue weighted by Gasteiger charge is -2.52. The van der Waals surface area contributed by atoms with Gasteiger partial charge in [0.15, 0.2) is 11.5 Å². The smallest absolute Gasteiger partial charge is 0.431 e. The zero-order valence-electron chi connectivity index (χ0n) is 18.7. The first-order chi connectivity index (χ1) is 13.4. The molecule has 0 amide bonds. The highest BCUT2D eigenvalue weighted by Gasteiger charge is 2.47. The molecule has 6 nitrogen and oxygen atoms in total. The maximum absolute atomic E-state index is 12.3. The summed E-state index contributed by atoms with van der Waals surface area (Å²) in [5, 5.41) is 12.2. The highest BCUT2D eigenvalue weighted by molar-refractivity contribution is 5.71. The number of ether oxygens (including phenoxy) is 2. The molecule has 0 aliphatic carbocycles. The SMILES string of the molecule is C=Cc1ccc(CC)c(ON2C(C)(C)CC(O)CC2(C)C)c1OC(=O)OC(C)C. The fraction of sp³-hybridized carbons (Fsp3) is 0.609. The van der Waals surface area contributed by atoms with Crippen LogP contribution in [0.4, 0.5) is 4.79 Å². The molecule has 0 saturated carbocycles. The average molecular weight is 406 g/mol. The number of hydroxylamine groups is 2. The second-order valence-corrected chi connectivity index (χ2v) is 9.12. The fourth-order valence-corrected chi connectivity index (χ4v) is 4.11. The molecule has 0 atom stereocenters. The lowest BCUT2D eigenvalue weighted by Crippen LogP contribution is -2.63. The van der Waals surface area contributed by atoms with Crippen LogP contribution in [0.3, 0.4) is 0 Å². The number of hydrogen-bond donors (Lipinski definition) is 1. The molecule has 0 bridgehead atoms. The number of piperidine rings is 1. The Hall–Kier alpha value is -2.05. The summed E-state index contributed by atoms with van der Waals surface area (Å²) in [4.78, 5) is 18.7. The third-order valence-electron chi connectivity index (χ3n) is 5.09. The van der Waals surface area contributed by atoms with Crippen LogP contribution in [0.5, 0.6) is 11.5 Å². The molecule has 1 aliphatic heterocycles. The van der Waals surface area contributed by atoms with Crippen LogP contribution in [0, 0.1) is 0 Å². The Labute approximate surface area is 174 Å². The minimum atomic E-state index is -0.784. The quantitative estimate of drug-likeness (QED) is 0.523. The maximum Gasteiger partial charge on any atom is 0.514 e. The number of aliphatic hydroxyl groups is 1. The standard InChI is InChI=1S/C23H35NO5/c1-9-16-11-12-17(10-2)20(19(16)28-21(26)27-15(3)4)29-24-22(5,6)13-18(25)14-23(24,7)8/h9,11-12,15,18,25H,1,10,13-14H2,2-8H3. The molecular formula is C23H35NO5. The van der Waals surface area contributed by atoms with Gasteiger partial charge in [0.1, 0.15) is 0 Å². The lowest BCUT2D eigenvalue weighted by atomic mass is 9.80. The van der Waals surface area contributed by atoms with E-state index in [0.29, 0.717) is 36.3 Å². The zero-order valence-corrected chi connectivity index (χ0v) is 18.7. The van der Waals surface area contributed by atoms with Crippen LogP contribution in [0.25, 0.3) is 6.08 Å². The fourth-order valence-electron chi connectivity index (χ4n) is 4.11. The first-order valence-corrected chi connectivity index (χ1v) is 10.2. The third-order valence-corrected chi connectivity index (χ3v) is 5.09. The van der Waals surface area contributed by atoms with Crippen molar-refractivity contribution < 1.29 is 24.2 Å². The molecule has 2 rings (SSSR count). The predicted octanol–water partition coefficient (Wildman–Crippen LogP) is 5.12. The Balaban J connectivity index is 2.52. The number of carbonyl (C=O) groups is 1. The first-order valence-electron chi connectivity index (χ1n) is 10.2. The zero-order chi connectivity index (χ0) is 22.0. The van der Waals surface area contributed by atoms with Crippen molar-refractivity contribution in [3.63, 3.8) is 0 Å². The molecule has 1 N–H and O–H groups in total. The number of nitrogens with zero attached hydrogens (tertiary/aromatic N) is 1. The predicted molar refractivity (Wildman–Crippen MR) is 114 cm³/mol. The molecule has 29 heavy (non-hydrogen) atoms. The van der Waals surface area contributed by atoms with Crippen molar-refractivity contribution >= 4 is 12.2 Å². The summed E-state index contributed by atoms with van der Waals surface area (Å²) in [5.74, 6) is 0.769. The third kappa shape index (κ3) is 5.31. The van der Waals surface area contributed by atoms with Gasteiger partial charge in [-0.25, -0.2) is 4.79 Å².